The van der Waals surface area contributed by atoms with Gasteiger partial charge >= 0.3 is 0 Å². The number of methoxy groups -OCH3 is 1. The third-order valence-electron chi connectivity index (χ3n) is 9.25. The third-order valence-corrected chi connectivity index (χ3v) is 10.9. The zero-order valence-electron chi connectivity index (χ0n) is 27.3. The zero-order valence-corrected chi connectivity index (χ0v) is 28.1. The van der Waals surface area contributed by atoms with Crippen LogP contribution in [-0.4, -0.2) is 12.9 Å². The summed E-state index contributed by atoms with van der Waals surface area (Å²) in [5.41, 5.74) is 5.92. The molecule has 228 valence electrons. The zero-order chi connectivity index (χ0) is 30.8. The summed E-state index contributed by atoms with van der Waals surface area (Å²) >= 11 is 2.07. The molecule has 0 saturated heterocycles. The molecular formula is C41H52OS. The van der Waals surface area contributed by atoms with Crippen molar-refractivity contribution in [3.8, 4) is 5.75 Å². The van der Waals surface area contributed by atoms with E-state index in [1.165, 1.54) is 54.4 Å². The summed E-state index contributed by atoms with van der Waals surface area (Å²) in [6, 6.07) is 42.1. The SMILES string of the molecule is CCCCC(C)(C)CC(c1ccccc1)C(C)(C)CCCSC(c1ccccc1)(c1ccccc1)c1ccc(OC)cc1. The Bertz CT molecular complexity index is 1300. The van der Waals surface area contributed by atoms with Crippen molar-refractivity contribution in [2.24, 2.45) is 10.8 Å². The van der Waals surface area contributed by atoms with Gasteiger partial charge in [0.15, 0.2) is 0 Å². The minimum Gasteiger partial charge on any atom is -0.497 e. The molecule has 0 heterocycles. The largest absolute Gasteiger partial charge is 0.497 e. The smallest absolute Gasteiger partial charge is 0.118 e. The Morgan fingerprint density at radius 2 is 1.14 bits per heavy atom. The molecule has 4 aromatic rings. The molecule has 4 aromatic carbocycles. The fourth-order valence-electron chi connectivity index (χ4n) is 6.69. The molecule has 43 heavy (non-hydrogen) atoms. The second kappa shape index (κ2) is 15.2. The molecule has 0 aliphatic rings. The predicted molar refractivity (Wildman–Crippen MR) is 188 cm³/mol. The molecule has 4 rings (SSSR count). The van der Waals surface area contributed by atoms with Gasteiger partial charge in [-0.1, -0.05) is 151 Å². The summed E-state index contributed by atoms with van der Waals surface area (Å²) < 4.78 is 5.23. The van der Waals surface area contributed by atoms with Gasteiger partial charge in [0.2, 0.25) is 0 Å². The van der Waals surface area contributed by atoms with Crippen LogP contribution in [0.1, 0.15) is 101 Å². The summed E-state index contributed by atoms with van der Waals surface area (Å²) in [6.45, 7) is 12.3. The summed E-state index contributed by atoms with van der Waals surface area (Å²) in [6.07, 6.45) is 7.43. The van der Waals surface area contributed by atoms with Crippen LogP contribution in [0.2, 0.25) is 0 Å². The third kappa shape index (κ3) is 8.36. The summed E-state index contributed by atoms with van der Waals surface area (Å²) in [5, 5.41) is 0. The summed E-state index contributed by atoms with van der Waals surface area (Å²) in [5.74, 6) is 2.49. The fourth-order valence-corrected chi connectivity index (χ4v) is 8.19. The van der Waals surface area contributed by atoms with E-state index in [-0.39, 0.29) is 10.2 Å². The molecule has 2 heteroatoms. The number of rotatable bonds is 16. The number of thioether (sulfide) groups is 1. The Hall–Kier alpha value is -2.97. The molecule has 0 aliphatic carbocycles. The second-order valence-electron chi connectivity index (χ2n) is 13.5. The summed E-state index contributed by atoms with van der Waals surface area (Å²) in [7, 11) is 1.74. The van der Waals surface area contributed by atoms with Gasteiger partial charge < -0.3 is 4.74 Å². The molecule has 0 bridgehead atoms. The highest BCUT2D eigenvalue weighted by Gasteiger charge is 2.38. The Morgan fingerprint density at radius 3 is 1.65 bits per heavy atom. The maximum Gasteiger partial charge on any atom is 0.118 e. The first kappa shape index (κ1) is 32.9. The van der Waals surface area contributed by atoms with E-state index < -0.39 is 0 Å². The van der Waals surface area contributed by atoms with Crippen LogP contribution in [0.4, 0.5) is 0 Å². The molecule has 0 radical (unpaired) electrons. The molecule has 0 aromatic heterocycles. The monoisotopic (exact) mass is 592 g/mol. The molecule has 0 amide bonds. The minimum atomic E-state index is -0.306. The molecule has 0 spiro atoms. The van der Waals surface area contributed by atoms with Crippen molar-refractivity contribution in [1.29, 1.82) is 0 Å². The molecule has 0 aliphatic heterocycles. The van der Waals surface area contributed by atoms with E-state index in [4.69, 9.17) is 4.74 Å². The first-order valence-electron chi connectivity index (χ1n) is 16.2. The van der Waals surface area contributed by atoms with Crippen LogP contribution in [0.3, 0.4) is 0 Å². The number of hydrogen-bond donors (Lipinski definition) is 0. The molecule has 1 unspecified atom stereocenters. The Labute approximate surface area is 266 Å². The number of hydrogen-bond acceptors (Lipinski definition) is 2. The van der Waals surface area contributed by atoms with Gasteiger partial charge in [0, 0.05) is 0 Å². The standard InChI is InChI=1S/C41H52OS/c1-7-8-29-39(2,3)32-38(33-19-12-9-13-20-33)40(4,5)30-18-31-43-41(34-21-14-10-15-22-34,35-23-16-11-17-24-35)36-25-27-37(42-6)28-26-36/h9-17,19-28,38H,7-8,18,29-32H2,1-6H3. The van der Waals surface area contributed by atoms with Crippen LogP contribution >= 0.6 is 11.8 Å². The molecule has 1 nitrogen and oxygen atoms in total. The normalized spacial score (nSPS) is 13.1. The Morgan fingerprint density at radius 1 is 0.628 bits per heavy atom. The lowest BCUT2D eigenvalue weighted by molar-refractivity contribution is 0.175. The molecular weight excluding hydrogens is 541 g/mol. The van der Waals surface area contributed by atoms with E-state index in [2.05, 4.69) is 162 Å². The van der Waals surface area contributed by atoms with E-state index in [1.54, 1.807) is 7.11 Å². The van der Waals surface area contributed by atoms with Crippen molar-refractivity contribution < 1.29 is 4.74 Å². The highest BCUT2D eigenvalue weighted by Crippen LogP contribution is 2.51. The topological polar surface area (TPSA) is 9.23 Å². The van der Waals surface area contributed by atoms with Gasteiger partial charge in [0.1, 0.15) is 5.75 Å². The fraction of sp³-hybridized carbons (Fsp3) is 0.415. The van der Waals surface area contributed by atoms with Gasteiger partial charge in [-0.25, -0.2) is 0 Å². The minimum absolute atomic E-state index is 0.188. The lowest BCUT2D eigenvalue weighted by atomic mass is 9.65. The van der Waals surface area contributed by atoms with E-state index in [1.807, 2.05) is 0 Å². The molecule has 0 N–H and O–H groups in total. The number of unbranched alkanes of at least 4 members (excludes halogenated alkanes) is 1. The Balaban J connectivity index is 1.62. The van der Waals surface area contributed by atoms with Crippen molar-refractivity contribution in [1.82, 2.24) is 0 Å². The first-order chi connectivity index (χ1) is 20.7. The van der Waals surface area contributed by atoms with Crippen molar-refractivity contribution in [3.63, 3.8) is 0 Å². The predicted octanol–water partition coefficient (Wildman–Crippen LogP) is 11.9. The molecule has 1 atom stereocenters. The average molecular weight is 593 g/mol. The van der Waals surface area contributed by atoms with E-state index >= 15 is 0 Å². The van der Waals surface area contributed by atoms with Crippen LogP contribution in [-0.2, 0) is 4.75 Å². The van der Waals surface area contributed by atoms with Crippen LogP contribution in [0.5, 0.6) is 5.75 Å². The van der Waals surface area contributed by atoms with Crippen LogP contribution in [0.25, 0.3) is 0 Å². The Kier molecular flexibility index (Phi) is 11.6. The van der Waals surface area contributed by atoms with E-state index in [0.717, 1.165) is 17.9 Å². The lowest BCUT2D eigenvalue weighted by Crippen LogP contribution is -2.29. The maximum absolute atomic E-state index is 5.54. The van der Waals surface area contributed by atoms with Crippen molar-refractivity contribution in [2.75, 3.05) is 12.9 Å². The first-order valence-corrected chi connectivity index (χ1v) is 17.1. The molecule has 0 saturated carbocycles. The quantitative estimate of drug-likeness (QED) is 0.0945. The van der Waals surface area contributed by atoms with Gasteiger partial charge in [0.05, 0.1) is 11.9 Å². The van der Waals surface area contributed by atoms with Gasteiger partial charge in [-0.3, -0.25) is 0 Å². The number of benzene rings is 4. The lowest BCUT2D eigenvalue weighted by Gasteiger charge is -2.41. The number of ether oxygens (including phenoxy) is 1. The van der Waals surface area contributed by atoms with Gasteiger partial charge in [0.25, 0.3) is 0 Å². The highest BCUT2D eigenvalue weighted by atomic mass is 32.2. The van der Waals surface area contributed by atoms with E-state index in [0.29, 0.717) is 11.3 Å². The maximum atomic E-state index is 5.54. The van der Waals surface area contributed by atoms with Crippen molar-refractivity contribution >= 4 is 11.8 Å². The molecule has 0 fully saturated rings. The van der Waals surface area contributed by atoms with Crippen molar-refractivity contribution in [2.45, 2.75) is 83.8 Å². The average Bonchev–Trinajstić information content (AvgIpc) is 3.04. The van der Waals surface area contributed by atoms with Gasteiger partial charge in [-0.2, -0.15) is 0 Å². The van der Waals surface area contributed by atoms with E-state index in [9.17, 15) is 0 Å². The second-order valence-corrected chi connectivity index (χ2v) is 14.8. The van der Waals surface area contributed by atoms with Crippen LogP contribution < -0.4 is 4.74 Å². The highest BCUT2D eigenvalue weighted by molar-refractivity contribution is 8.00. The van der Waals surface area contributed by atoms with Crippen LogP contribution in [0, 0.1) is 10.8 Å². The van der Waals surface area contributed by atoms with Gasteiger partial charge in [-0.05, 0) is 82.6 Å². The summed E-state index contributed by atoms with van der Waals surface area (Å²) in [4.78, 5) is 0. The van der Waals surface area contributed by atoms with Crippen molar-refractivity contribution in [3.05, 3.63) is 138 Å². The van der Waals surface area contributed by atoms with Crippen LogP contribution in [0.15, 0.2) is 115 Å². The van der Waals surface area contributed by atoms with Gasteiger partial charge in [-0.15, -0.1) is 11.8 Å².